The highest BCUT2D eigenvalue weighted by atomic mass is 16.2. The summed E-state index contributed by atoms with van der Waals surface area (Å²) in [5.74, 6) is 0.879. The molecule has 4 N–H and O–H groups in total. The standard InChI is InChI=1S/C32H41N7O3/c1-39(2)28-20-22-34-32(38-28)36-26-18-16-25(17-19-26)35-31(42)27(37-30(41)24-13-7-4-8-14-24)15-9-10-21-33-29(40)23-11-5-3-6-12-23/h3-8,11-14,20,22,25-27H,9-10,15-19,21H2,1-2H3,(H,33,40)(H,35,42)(H,37,41)(H,34,36,38)/t25?,26?,27-/m0/s1. The molecule has 1 aliphatic carbocycles. The molecule has 4 rings (SSSR count). The van der Waals surface area contributed by atoms with Crippen LogP contribution in [-0.2, 0) is 4.79 Å². The van der Waals surface area contributed by atoms with Gasteiger partial charge in [-0.15, -0.1) is 0 Å². The molecule has 1 fully saturated rings. The molecule has 3 aromatic rings. The van der Waals surface area contributed by atoms with E-state index in [1.165, 1.54) is 0 Å². The van der Waals surface area contributed by atoms with Crippen molar-refractivity contribution in [2.24, 2.45) is 0 Å². The lowest BCUT2D eigenvalue weighted by atomic mass is 9.91. The molecule has 0 unspecified atom stereocenters. The Bertz CT molecular complexity index is 1300. The first-order chi connectivity index (χ1) is 20.4. The van der Waals surface area contributed by atoms with Gasteiger partial charge in [-0.2, -0.15) is 4.98 Å². The maximum Gasteiger partial charge on any atom is 0.251 e. The summed E-state index contributed by atoms with van der Waals surface area (Å²) < 4.78 is 0. The highest BCUT2D eigenvalue weighted by Crippen LogP contribution is 2.22. The number of benzene rings is 2. The van der Waals surface area contributed by atoms with Gasteiger partial charge in [0.1, 0.15) is 11.9 Å². The normalized spacial score (nSPS) is 17.0. The molecule has 0 bridgehead atoms. The van der Waals surface area contributed by atoms with Gasteiger partial charge in [-0.3, -0.25) is 14.4 Å². The summed E-state index contributed by atoms with van der Waals surface area (Å²) in [4.78, 5) is 49.4. The molecule has 0 spiro atoms. The molecule has 2 aromatic carbocycles. The van der Waals surface area contributed by atoms with E-state index in [0.29, 0.717) is 42.9 Å². The average Bonchev–Trinajstić information content (AvgIpc) is 3.02. The van der Waals surface area contributed by atoms with E-state index in [9.17, 15) is 14.4 Å². The quantitative estimate of drug-likeness (QED) is 0.230. The predicted octanol–water partition coefficient (Wildman–Crippen LogP) is 3.78. The fourth-order valence-corrected chi connectivity index (χ4v) is 5.00. The molecule has 1 aliphatic rings. The monoisotopic (exact) mass is 571 g/mol. The third kappa shape index (κ3) is 9.29. The zero-order valence-corrected chi connectivity index (χ0v) is 24.4. The maximum atomic E-state index is 13.4. The van der Waals surface area contributed by atoms with Crippen LogP contribution in [0.4, 0.5) is 11.8 Å². The number of hydrogen-bond donors (Lipinski definition) is 4. The van der Waals surface area contributed by atoms with E-state index in [-0.39, 0.29) is 29.8 Å². The number of hydrogen-bond acceptors (Lipinski definition) is 7. The van der Waals surface area contributed by atoms with Crippen molar-refractivity contribution in [2.75, 3.05) is 30.9 Å². The minimum absolute atomic E-state index is 0.0332. The minimum atomic E-state index is -0.666. The van der Waals surface area contributed by atoms with Gasteiger partial charge >= 0.3 is 0 Å². The van der Waals surface area contributed by atoms with E-state index >= 15 is 0 Å². The largest absolute Gasteiger partial charge is 0.363 e. The summed E-state index contributed by atoms with van der Waals surface area (Å²) in [6, 6.07) is 19.4. The maximum absolute atomic E-state index is 13.4. The Morgan fingerprint density at radius 2 is 1.45 bits per heavy atom. The van der Waals surface area contributed by atoms with E-state index in [2.05, 4.69) is 31.2 Å². The third-order valence-corrected chi connectivity index (χ3v) is 7.40. The van der Waals surface area contributed by atoms with Gasteiger partial charge in [0, 0.05) is 50.0 Å². The Morgan fingerprint density at radius 1 is 0.833 bits per heavy atom. The molecule has 1 heterocycles. The number of anilines is 2. The van der Waals surface area contributed by atoms with E-state index in [1.807, 2.05) is 49.3 Å². The number of nitrogens with one attached hydrogen (secondary N) is 4. The summed E-state index contributed by atoms with van der Waals surface area (Å²) in [6.45, 7) is 0.493. The number of unbranched alkanes of at least 4 members (excludes halogenated alkanes) is 1. The highest BCUT2D eigenvalue weighted by molar-refractivity contribution is 5.97. The first kappa shape index (κ1) is 30.5. The van der Waals surface area contributed by atoms with Gasteiger partial charge in [0.05, 0.1) is 0 Å². The number of nitrogens with zero attached hydrogens (tertiary/aromatic N) is 3. The molecule has 0 radical (unpaired) electrons. The van der Waals surface area contributed by atoms with Crippen LogP contribution in [-0.4, -0.2) is 66.5 Å². The lowest BCUT2D eigenvalue weighted by Crippen LogP contribution is -2.50. The topological polar surface area (TPSA) is 128 Å². The Balaban J connectivity index is 1.26. The summed E-state index contributed by atoms with van der Waals surface area (Å²) >= 11 is 0. The molecule has 10 heteroatoms. The summed E-state index contributed by atoms with van der Waals surface area (Å²) in [5.41, 5.74) is 1.13. The second kappa shape index (κ2) is 15.5. The number of carbonyl (C=O) groups excluding carboxylic acids is 3. The fraction of sp³-hybridized carbons (Fsp3) is 0.406. The van der Waals surface area contributed by atoms with Crippen LogP contribution in [0.2, 0.25) is 0 Å². The van der Waals surface area contributed by atoms with Gasteiger partial charge in [0.2, 0.25) is 11.9 Å². The van der Waals surface area contributed by atoms with Crippen LogP contribution in [0.3, 0.4) is 0 Å². The molecule has 1 aromatic heterocycles. The molecule has 3 amide bonds. The Labute approximate surface area is 247 Å². The van der Waals surface area contributed by atoms with E-state index in [0.717, 1.165) is 31.5 Å². The predicted molar refractivity (Wildman–Crippen MR) is 164 cm³/mol. The van der Waals surface area contributed by atoms with Gasteiger partial charge < -0.3 is 26.2 Å². The van der Waals surface area contributed by atoms with Crippen molar-refractivity contribution in [2.45, 2.75) is 63.1 Å². The van der Waals surface area contributed by atoms with E-state index in [4.69, 9.17) is 0 Å². The molecule has 0 aliphatic heterocycles. The van der Waals surface area contributed by atoms with Gasteiger partial charge in [-0.05, 0) is 75.3 Å². The molecule has 1 saturated carbocycles. The van der Waals surface area contributed by atoms with Crippen LogP contribution in [0.1, 0.15) is 65.7 Å². The van der Waals surface area contributed by atoms with Crippen LogP contribution in [0, 0.1) is 0 Å². The Kier molecular flexibility index (Phi) is 11.3. The SMILES string of the molecule is CN(C)c1ccnc(NC2CCC(NC(=O)[C@H](CCCCNC(=O)c3ccccc3)NC(=O)c3ccccc3)CC2)n1. The number of carbonyl (C=O) groups is 3. The lowest BCUT2D eigenvalue weighted by molar-refractivity contribution is -0.124. The van der Waals surface area contributed by atoms with Gasteiger partial charge in [-0.1, -0.05) is 36.4 Å². The summed E-state index contributed by atoms with van der Waals surface area (Å²) in [6.07, 6.45) is 6.98. The smallest absolute Gasteiger partial charge is 0.251 e. The van der Waals surface area contributed by atoms with Gasteiger partial charge in [0.25, 0.3) is 11.8 Å². The number of rotatable bonds is 13. The number of amides is 3. The van der Waals surface area contributed by atoms with Gasteiger partial charge in [0.15, 0.2) is 0 Å². The zero-order valence-electron chi connectivity index (χ0n) is 24.4. The first-order valence-electron chi connectivity index (χ1n) is 14.7. The molecular formula is C32H41N7O3. The van der Waals surface area contributed by atoms with Crippen molar-refractivity contribution in [3.63, 3.8) is 0 Å². The van der Waals surface area contributed by atoms with Crippen molar-refractivity contribution in [1.29, 1.82) is 0 Å². The van der Waals surface area contributed by atoms with E-state index < -0.39 is 6.04 Å². The van der Waals surface area contributed by atoms with Crippen LogP contribution in [0.15, 0.2) is 72.9 Å². The molecule has 1 atom stereocenters. The Morgan fingerprint density at radius 3 is 2.10 bits per heavy atom. The summed E-state index contributed by atoms with van der Waals surface area (Å²) in [7, 11) is 3.89. The fourth-order valence-electron chi connectivity index (χ4n) is 5.00. The van der Waals surface area contributed by atoms with Gasteiger partial charge in [-0.25, -0.2) is 4.98 Å². The van der Waals surface area contributed by atoms with Crippen molar-refractivity contribution in [3.8, 4) is 0 Å². The molecular weight excluding hydrogens is 530 g/mol. The molecule has 222 valence electrons. The lowest BCUT2D eigenvalue weighted by Gasteiger charge is -2.31. The van der Waals surface area contributed by atoms with Crippen molar-refractivity contribution in [1.82, 2.24) is 25.9 Å². The first-order valence-corrected chi connectivity index (χ1v) is 14.7. The van der Waals surface area contributed by atoms with Crippen LogP contribution < -0.4 is 26.2 Å². The molecule has 0 saturated heterocycles. The van der Waals surface area contributed by atoms with Crippen molar-refractivity contribution >= 4 is 29.5 Å². The summed E-state index contributed by atoms with van der Waals surface area (Å²) in [5, 5.41) is 12.5. The molecule has 42 heavy (non-hydrogen) atoms. The Hall–Kier alpha value is -4.47. The second-order valence-electron chi connectivity index (χ2n) is 10.8. The van der Waals surface area contributed by atoms with Crippen LogP contribution >= 0.6 is 0 Å². The highest BCUT2D eigenvalue weighted by Gasteiger charge is 2.27. The van der Waals surface area contributed by atoms with Crippen LogP contribution in [0.5, 0.6) is 0 Å². The average molecular weight is 572 g/mol. The van der Waals surface area contributed by atoms with Crippen molar-refractivity contribution < 1.29 is 14.4 Å². The number of aromatic nitrogens is 2. The van der Waals surface area contributed by atoms with Crippen molar-refractivity contribution in [3.05, 3.63) is 84.1 Å². The molecule has 10 nitrogen and oxygen atoms in total. The second-order valence-corrected chi connectivity index (χ2v) is 10.8. The van der Waals surface area contributed by atoms with Crippen LogP contribution in [0.25, 0.3) is 0 Å². The third-order valence-electron chi connectivity index (χ3n) is 7.40. The minimum Gasteiger partial charge on any atom is -0.363 e. The zero-order chi connectivity index (χ0) is 29.7. The van der Waals surface area contributed by atoms with E-state index in [1.54, 1.807) is 42.6 Å².